The highest BCUT2D eigenvalue weighted by Crippen LogP contribution is 2.53. The van der Waals surface area contributed by atoms with E-state index in [1.54, 1.807) is 0 Å². The maximum Gasteiger partial charge on any atom is 0.419 e. The number of hydrogen-bond donors (Lipinski definition) is 2. The molecule has 1 aliphatic rings. The number of hydrogen-bond acceptors (Lipinski definition) is 5. The van der Waals surface area contributed by atoms with Gasteiger partial charge in [0.25, 0.3) is 0 Å². The Hall–Kier alpha value is -2.84. The van der Waals surface area contributed by atoms with Crippen molar-refractivity contribution in [1.29, 1.82) is 0 Å². The first-order valence-corrected chi connectivity index (χ1v) is 9.80. The molecule has 0 amide bonds. The van der Waals surface area contributed by atoms with Crippen molar-refractivity contribution in [2.75, 3.05) is 5.32 Å². The topological polar surface area (TPSA) is 79.5 Å². The molecule has 0 saturated heterocycles. The summed E-state index contributed by atoms with van der Waals surface area (Å²) in [5.41, 5.74) is -2.99. The van der Waals surface area contributed by atoms with Crippen LogP contribution in [0.15, 0.2) is 51.9 Å². The van der Waals surface area contributed by atoms with Crippen LogP contribution in [0.25, 0.3) is 10.8 Å². The molecule has 3 atom stereocenters. The highest BCUT2D eigenvalue weighted by atomic mass is 35.5. The predicted octanol–water partition coefficient (Wildman–Crippen LogP) is 5.21. The third-order valence-electron chi connectivity index (χ3n) is 5.81. The van der Waals surface area contributed by atoms with Crippen LogP contribution in [0.4, 0.5) is 18.9 Å². The predicted molar refractivity (Wildman–Crippen MR) is 110 cm³/mol. The molecule has 162 valence electrons. The third-order valence-corrected chi connectivity index (χ3v) is 6.14. The molecule has 4 rings (SSSR count). The standard InChI is InChI=1S/C22H17ClF3NO4/c1-11-9-21(30,22(24,25)26)19(14-5-6-16(23)15(10-28)18(11)14)27-17-4-2-3-13-12(17)7-8-31-20(13)29/h2-8,10-11,19,27,30H,9H2,1H3/t11-,19+,21-/m1/s1. The summed E-state index contributed by atoms with van der Waals surface area (Å²) in [4.78, 5) is 23.6. The quantitative estimate of drug-likeness (QED) is 0.534. The number of alkyl halides is 3. The smallest absolute Gasteiger partial charge is 0.419 e. The number of rotatable bonds is 3. The van der Waals surface area contributed by atoms with Gasteiger partial charge in [0.1, 0.15) is 0 Å². The number of anilines is 1. The molecule has 2 N–H and O–H groups in total. The summed E-state index contributed by atoms with van der Waals surface area (Å²) in [6.45, 7) is 1.51. The first-order valence-electron chi connectivity index (χ1n) is 9.42. The van der Waals surface area contributed by atoms with Crippen molar-refractivity contribution >= 4 is 34.3 Å². The molecule has 5 nitrogen and oxygen atoms in total. The Bertz CT molecular complexity index is 1240. The molecule has 0 aliphatic heterocycles. The van der Waals surface area contributed by atoms with Crippen molar-refractivity contribution in [3.63, 3.8) is 0 Å². The number of carbonyl (C=O) groups excluding carboxylic acids is 1. The zero-order valence-electron chi connectivity index (χ0n) is 16.2. The van der Waals surface area contributed by atoms with Gasteiger partial charge in [-0.05, 0) is 47.7 Å². The highest BCUT2D eigenvalue weighted by Gasteiger charge is 2.62. The molecule has 0 radical (unpaired) electrons. The van der Waals surface area contributed by atoms with Crippen LogP contribution in [-0.4, -0.2) is 23.2 Å². The molecule has 1 aromatic heterocycles. The molecule has 9 heteroatoms. The molecular formula is C22H17ClF3NO4. The summed E-state index contributed by atoms with van der Waals surface area (Å²) in [6.07, 6.45) is -3.99. The van der Waals surface area contributed by atoms with Crippen LogP contribution in [0.1, 0.15) is 46.8 Å². The molecule has 0 saturated carbocycles. The van der Waals surface area contributed by atoms with Crippen LogP contribution >= 0.6 is 11.6 Å². The summed E-state index contributed by atoms with van der Waals surface area (Å²) in [6, 6.07) is 7.03. The van der Waals surface area contributed by atoms with Gasteiger partial charge in [-0.1, -0.05) is 30.7 Å². The molecule has 2 aromatic carbocycles. The maximum atomic E-state index is 14.1. The minimum atomic E-state index is -4.97. The van der Waals surface area contributed by atoms with Crippen LogP contribution in [0, 0.1) is 0 Å². The Morgan fingerprint density at radius 3 is 2.65 bits per heavy atom. The number of aliphatic hydroxyl groups is 1. The van der Waals surface area contributed by atoms with Gasteiger partial charge >= 0.3 is 11.8 Å². The van der Waals surface area contributed by atoms with Crippen LogP contribution in [0.3, 0.4) is 0 Å². The Morgan fingerprint density at radius 2 is 1.97 bits per heavy atom. The fourth-order valence-electron chi connectivity index (χ4n) is 4.40. The van der Waals surface area contributed by atoms with E-state index in [2.05, 4.69) is 5.32 Å². The van der Waals surface area contributed by atoms with Gasteiger partial charge in [0, 0.05) is 16.6 Å². The lowest BCUT2D eigenvalue weighted by atomic mass is 9.69. The molecule has 0 fully saturated rings. The van der Waals surface area contributed by atoms with E-state index < -0.39 is 35.8 Å². The van der Waals surface area contributed by atoms with Gasteiger partial charge in [-0.3, -0.25) is 4.79 Å². The summed E-state index contributed by atoms with van der Waals surface area (Å²) in [5, 5.41) is 14.3. The van der Waals surface area contributed by atoms with Gasteiger partial charge in [-0.15, -0.1) is 0 Å². The lowest BCUT2D eigenvalue weighted by Crippen LogP contribution is -2.55. The first-order chi connectivity index (χ1) is 14.6. The van der Waals surface area contributed by atoms with Crippen molar-refractivity contribution in [2.45, 2.75) is 37.1 Å². The molecule has 0 spiro atoms. The van der Waals surface area contributed by atoms with E-state index in [0.29, 0.717) is 17.2 Å². The van der Waals surface area contributed by atoms with E-state index in [1.807, 2.05) is 0 Å². The summed E-state index contributed by atoms with van der Waals surface area (Å²) in [7, 11) is 0. The second kappa shape index (κ2) is 7.39. The van der Waals surface area contributed by atoms with Gasteiger partial charge in [-0.2, -0.15) is 13.2 Å². The average Bonchev–Trinajstić information content (AvgIpc) is 2.70. The summed E-state index contributed by atoms with van der Waals surface area (Å²) < 4.78 is 47.2. The number of benzene rings is 2. The molecule has 1 aliphatic carbocycles. The van der Waals surface area contributed by atoms with Crippen LogP contribution < -0.4 is 10.9 Å². The van der Waals surface area contributed by atoms with E-state index in [9.17, 15) is 27.9 Å². The van der Waals surface area contributed by atoms with Gasteiger partial charge < -0.3 is 14.8 Å². The van der Waals surface area contributed by atoms with Crippen molar-refractivity contribution in [1.82, 2.24) is 0 Å². The van der Waals surface area contributed by atoms with E-state index in [0.717, 1.165) is 6.26 Å². The van der Waals surface area contributed by atoms with Gasteiger partial charge in [-0.25, -0.2) is 4.79 Å². The van der Waals surface area contributed by atoms with E-state index in [1.165, 1.54) is 43.3 Å². The first kappa shape index (κ1) is 21.4. The van der Waals surface area contributed by atoms with Crippen molar-refractivity contribution < 1.29 is 27.5 Å². The van der Waals surface area contributed by atoms with E-state index in [4.69, 9.17) is 16.0 Å². The minimum absolute atomic E-state index is 0.0984. The van der Waals surface area contributed by atoms with Crippen LogP contribution in [0.2, 0.25) is 5.02 Å². The fourth-order valence-corrected chi connectivity index (χ4v) is 4.61. The van der Waals surface area contributed by atoms with Crippen molar-refractivity contribution in [3.05, 3.63) is 74.8 Å². The van der Waals surface area contributed by atoms with E-state index >= 15 is 0 Å². The largest absolute Gasteiger partial charge is 0.431 e. The normalized spacial score (nSPS) is 23.4. The monoisotopic (exact) mass is 451 g/mol. The zero-order chi connectivity index (χ0) is 22.6. The molecule has 31 heavy (non-hydrogen) atoms. The minimum Gasteiger partial charge on any atom is -0.431 e. The average molecular weight is 452 g/mol. The second-order valence-electron chi connectivity index (χ2n) is 7.66. The van der Waals surface area contributed by atoms with Crippen molar-refractivity contribution in [3.8, 4) is 0 Å². The molecule has 0 bridgehead atoms. The van der Waals surface area contributed by atoms with Crippen LogP contribution in [-0.2, 0) is 0 Å². The molecule has 0 unspecified atom stereocenters. The number of fused-ring (bicyclic) bond motifs is 2. The second-order valence-corrected chi connectivity index (χ2v) is 8.07. The van der Waals surface area contributed by atoms with Gasteiger partial charge in [0.2, 0.25) is 0 Å². The van der Waals surface area contributed by atoms with Crippen molar-refractivity contribution in [2.24, 2.45) is 0 Å². The Balaban J connectivity index is 1.96. The Morgan fingerprint density at radius 1 is 1.23 bits per heavy atom. The number of nitrogens with one attached hydrogen (secondary N) is 1. The molecule has 3 aromatic rings. The number of aldehydes is 1. The molecule has 1 heterocycles. The highest BCUT2D eigenvalue weighted by molar-refractivity contribution is 6.33. The Labute approximate surface area is 179 Å². The number of halogens is 4. The van der Waals surface area contributed by atoms with Gasteiger partial charge in [0.15, 0.2) is 11.9 Å². The fraction of sp³-hybridized carbons (Fsp3) is 0.273. The lowest BCUT2D eigenvalue weighted by Gasteiger charge is -2.45. The zero-order valence-corrected chi connectivity index (χ0v) is 16.9. The number of carbonyl (C=O) groups is 1. The summed E-state index contributed by atoms with van der Waals surface area (Å²) >= 11 is 6.11. The van der Waals surface area contributed by atoms with Crippen LogP contribution in [0.5, 0.6) is 0 Å². The Kier molecular flexibility index (Phi) is 5.10. The van der Waals surface area contributed by atoms with Gasteiger partial charge in [0.05, 0.1) is 22.7 Å². The molecular weight excluding hydrogens is 435 g/mol. The van der Waals surface area contributed by atoms with E-state index in [-0.39, 0.29) is 27.2 Å². The lowest BCUT2D eigenvalue weighted by molar-refractivity contribution is -0.272. The maximum absolute atomic E-state index is 14.1. The summed E-state index contributed by atoms with van der Waals surface area (Å²) in [5.74, 6) is -0.780. The third kappa shape index (κ3) is 3.30. The SMILES string of the molecule is C[C@@H]1C[C@](O)(C(F)(F)F)[C@@H](Nc2cccc3c(=O)occc23)c2ccc(Cl)c(C=O)c21.